The van der Waals surface area contributed by atoms with Gasteiger partial charge in [-0.2, -0.15) is 0 Å². The Morgan fingerprint density at radius 2 is 1.88 bits per heavy atom. The zero-order chi connectivity index (χ0) is 29.8. The maximum Gasteiger partial charge on any atom is 0.343 e. The largest absolute Gasteiger partial charge is 0.506 e. The highest BCUT2D eigenvalue weighted by Gasteiger charge is 2.34. The van der Waals surface area contributed by atoms with Crippen LogP contribution in [0.4, 0.5) is 0 Å². The lowest BCUT2D eigenvalue weighted by atomic mass is 9.95. The first-order chi connectivity index (χ1) is 19.6. The number of carbonyl (C=O) groups is 2. The molecule has 2 heterocycles. The minimum absolute atomic E-state index is 0.0701. The number of carbonyl (C=O) groups excluding carboxylic acids is 2. The number of esters is 2. The van der Waals surface area contributed by atoms with Crippen LogP contribution in [0.1, 0.15) is 37.9 Å². The van der Waals surface area contributed by atoms with Gasteiger partial charge in [-0.15, -0.1) is 0 Å². The lowest BCUT2D eigenvalue weighted by Crippen LogP contribution is -2.40. The van der Waals surface area contributed by atoms with Gasteiger partial charge in [0, 0.05) is 9.13 Å². The summed E-state index contributed by atoms with van der Waals surface area (Å²) in [5.74, 6) is -0.453. The van der Waals surface area contributed by atoms with Crippen LogP contribution in [0, 0.1) is 7.14 Å². The molecule has 1 N–H and O–H groups in total. The van der Waals surface area contributed by atoms with E-state index in [0.29, 0.717) is 47.8 Å². The number of hydrogen-bond acceptors (Lipinski definition) is 10. The van der Waals surface area contributed by atoms with E-state index in [0.717, 1.165) is 14.9 Å². The number of phenols is 1. The number of hydrogen-bond donors (Lipinski definition) is 1. The molecule has 0 amide bonds. The molecule has 1 aromatic heterocycles. The monoisotopic (exact) mass is 804 g/mol. The average molecular weight is 804 g/mol. The van der Waals surface area contributed by atoms with E-state index in [1.54, 1.807) is 51.1 Å². The van der Waals surface area contributed by atoms with Gasteiger partial charge in [-0.3, -0.25) is 9.36 Å². The molecular weight excluding hydrogens is 778 g/mol. The summed E-state index contributed by atoms with van der Waals surface area (Å²) in [6.45, 7) is 5.33. The molecule has 0 unspecified atom stereocenters. The molecule has 0 radical (unpaired) electrons. The first kappa shape index (κ1) is 31.0. The van der Waals surface area contributed by atoms with Gasteiger partial charge in [-0.05, 0) is 102 Å². The predicted molar refractivity (Wildman–Crippen MR) is 169 cm³/mol. The fourth-order valence-corrected chi connectivity index (χ4v) is 7.15. The van der Waals surface area contributed by atoms with Gasteiger partial charge in [0.2, 0.25) is 0 Å². The number of methoxy groups -OCH3 is 1. The molecule has 41 heavy (non-hydrogen) atoms. The van der Waals surface area contributed by atoms with Gasteiger partial charge in [0.25, 0.3) is 5.56 Å². The number of benzene rings is 2. The summed E-state index contributed by atoms with van der Waals surface area (Å²) in [4.78, 5) is 43.8. The van der Waals surface area contributed by atoms with Crippen molar-refractivity contribution < 1.29 is 33.6 Å². The van der Waals surface area contributed by atoms with Crippen LogP contribution in [-0.4, -0.2) is 48.5 Å². The second-order valence-corrected chi connectivity index (χ2v) is 12.0. The average Bonchev–Trinajstić information content (AvgIpc) is 3.23. The molecule has 0 bridgehead atoms. The van der Waals surface area contributed by atoms with E-state index in [1.165, 1.54) is 11.7 Å². The maximum absolute atomic E-state index is 13.9. The van der Waals surface area contributed by atoms with Crippen LogP contribution in [-0.2, 0) is 19.1 Å². The molecule has 0 aliphatic carbocycles. The highest BCUT2D eigenvalue weighted by Crippen LogP contribution is 2.36. The summed E-state index contributed by atoms with van der Waals surface area (Å²) >= 11 is 5.35. The quantitative estimate of drug-likeness (QED) is 0.257. The maximum atomic E-state index is 13.9. The molecule has 10 nitrogen and oxygen atoms in total. The van der Waals surface area contributed by atoms with Crippen molar-refractivity contribution in [3.63, 3.8) is 0 Å². The Kier molecular flexibility index (Phi) is 10.1. The van der Waals surface area contributed by atoms with Crippen LogP contribution in [0.2, 0.25) is 0 Å². The van der Waals surface area contributed by atoms with E-state index in [9.17, 15) is 19.5 Å². The molecule has 3 aromatic rings. The van der Waals surface area contributed by atoms with Gasteiger partial charge in [0.1, 0.15) is 5.75 Å². The Bertz CT molecular complexity index is 1730. The van der Waals surface area contributed by atoms with Crippen LogP contribution in [0.3, 0.4) is 0 Å². The summed E-state index contributed by atoms with van der Waals surface area (Å²) < 4.78 is 24.7. The smallest absolute Gasteiger partial charge is 0.343 e. The summed E-state index contributed by atoms with van der Waals surface area (Å²) in [7, 11) is 1.26. The number of allylic oxidation sites excluding steroid dienone is 1. The molecule has 0 saturated heterocycles. The van der Waals surface area contributed by atoms with Gasteiger partial charge in [0.15, 0.2) is 22.9 Å². The molecule has 216 valence electrons. The molecule has 0 fully saturated rings. The number of fused-ring (bicyclic) bond motifs is 1. The summed E-state index contributed by atoms with van der Waals surface area (Å²) in [5.41, 5.74) is 1.29. The number of thiazole rings is 1. The van der Waals surface area contributed by atoms with Crippen LogP contribution < -0.4 is 24.4 Å². The molecule has 1 atom stereocenters. The van der Waals surface area contributed by atoms with Gasteiger partial charge in [0.05, 0.1) is 45.7 Å². The molecule has 1 aliphatic rings. The molecule has 0 saturated carbocycles. The van der Waals surface area contributed by atoms with Crippen LogP contribution in [0.5, 0.6) is 17.2 Å². The van der Waals surface area contributed by atoms with E-state index < -0.39 is 18.0 Å². The molecule has 1 aliphatic heterocycles. The lowest BCUT2D eigenvalue weighted by molar-refractivity contribution is -0.143. The SMILES string of the molecule is CCOC(=O)C1=C(C)N=c2s/c(=C\c3cc(I)cc(I)c3O)c(=O)n2[C@@H]1c1ccc(OCC(=O)OC)c(OCC)c1. The van der Waals surface area contributed by atoms with E-state index in [4.69, 9.17) is 14.2 Å². The normalized spacial score (nSPS) is 14.8. The standard InChI is InChI=1S/C28H26I2N2O8S/c1-5-38-20-10-15(7-8-19(20)40-13-22(33)37-4)24-23(27(36)39-6-2)14(3)31-28-32(24)26(35)21(41-28)11-16-9-17(29)12-18(30)25(16)34/h7-12,24,34H,5-6,13H2,1-4H3/b21-11-/t24-/m1/s1. The van der Waals surface area contributed by atoms with Gasteiger partial charge in [-0.1, -0.05) is 17.4 Å². The molecular formula is C28H26I2N2O8S. The third kappa shape index (κ3) is 6.61. The number of phenolic OH excluding ortho intramolecular Hbond substituents is 1. The van der Waals surface area contributed by atoms with Crippen molar-refractivity contribution >= 4 is 74.5 Å². The van der Waals surface area contributed by atoms with Crippen molar-refractivity contribution in [2.45, 2.75) is 26.8 Å². The fourth-order valence-electron chi connectivity index (χ4n) is 4.22. The van der Waals surface area contributed by atoms with Gasteiger partial charge in [-0.25, -0.2) is 14.6 Å². The molecule has 13 heteroatoms. The third-order valence-corrected chi connectivity index (χ3v) is 8.45. The fraction of sp³-hybridized carbons (Fsp3) is 0.286. The van der Waals surface area contributed by atoms with Gasteiger partial charge >= 0.3 is 11.9 Å². The van der Waals surface area contributed by atoms with E-state index >= 15 is 0 Å². The molecule has 2 aromatic carbocycles. The zero-order valence-corrected chi connectivity index (χ0v) is 27.7. The number of aromatic nitrogens is 1. The second kappa shape index (κ2) is 13.4. The Morgan fingerprint density at radius 1 is 1.12 bits per heavy atom. The molecule has 4 rings (SSSR count). The van der Waals surface area contributed by atoms with Crippen LogP contribution in [0.15, 0.2) is 51.4 Å². The van der Waals surface area contributed by atoms with Crippen molar-refractivity contribution in [2.24, 2.45) is 4.99 Å². The number of nitrogens with zero attached hydrogens (tertiary/aromatic N) is 2. The minimum atomic E-state index is -0.883. The van der Waals surface area contributed by atoms with E-state index in [1.807, 2.05) is 28.7 Å². The molecule has 0 spiro atoms. The second-order valence-electron chi connectivity index (χ2n) is 8.63. The number of halogens is 2. The number of ether oxygens (including phenoxy) is 4. The lowest BCUT2D eigenvalue weighted by Gasteiger charge is -2.25. The van der Waals surface area contributed by atoms with Gasteiger partial charge < -0.3 is 24.1 Å². The third-order valence-electron chi connectivity index (χ3n) is 6.02. The highest BCUT2D eigenvalue weighted by molar-refractivity contribution is 14.1. The topological polar surface area (TPSA) is 126 Å². The van der Waals surface area contributed by atoms with Crippen molar-refractivity contribution in [1.82, 2.24) is 4.57 Å². The van der Waals surface area contributed by atoms with Crippen LogP contribution in [0.25, 0.3) is 6.08 Å². The van der Waals surface area contributed by atoms with E-state index in [-0.39, 0.29) is 30.1 Å². The van der Waals surface area contributed by atoms with Crippen molar-refractivity contribution in [2.75, 3.05) is 26.9 Å². The number of rotatable bonds is 9. The van der Waals surface area contributed by atoms with Crippen molar-refractivity contribution in [3.05, 3.63) is 79.6 Å². The summed E-state index contributed by atoms with van der Waals surface area (Å²) in [6, 6.07) is 7.71. The zero-order valence-electron chi connectivity index (χ0n) is 22.5. The van der Waals surface area contributed by atoms with Crippen molar-refractivity contribution in [1.29, 1.82) is 0 Å². The Morgan fingerprint density at radius 3 is 2.56 bits per heavy atom. The van der Waals surface area contributed by atoms with Crippen molar-refractivity contribution in [3.8, 4) is 17.2 Å². The number of aromatic hydroxyl groups is 1. The summed E-state index contributed by atoms with van der Waals surface area (Å²) in [5, 5.41) is 10.6. The highest BCUT2D eigenvalue weighted by atomic mass is 127. The first-order valence-corrected chi connectivity index (χ1v) is 15.4. The minimum Gasteiger partial charge on any atom is -0.506 e. The Balaban J connectivity index is 1.93. The van der Waals surface area contributed by atoms with Crippen LogP contribution >= 0.6 is 56.5 Å². The van der Waals surface area contributed by atoms with E-state index in [2.05, 4.69) is 32.3 Å². The Hall–Kier alpha value is -2.92. The summed E-state index contributed by atoms with van der Waals surface area (Å²) in [6.07, 6.45) is 1.62. The predicted octanol–water partition coefficient (Wildman–Crippen LogP) is 3.66. The first-order valence-electron chi connectivity index (χ1n) is 12.4. The Labute approximate surface area is 266 Å².